The maximum atomic E-state index is 8.96. The van der Waals surface area contributed by atoms with Gasteiger partial charge in [0.25, 0.3) is 0 Å². The lowest BCUT2D eigenvalue weighted by Crippen LogP contribution is -2.42. The lowest BCUT2D eigenvalue weighted by atomic mass is 10.2. The number of nitrogens with one attached hydrogen (secondary N) is 1. The Morgan fingerprint density at radius 3 is 2.56 bits per heavy atom. The van der Waals surface area contributed by atoms with Crippen molar-refractivity contribution in [1.29, 1.82) is 0 Å². The molecule has 2 atom stereocenters. The molecule has 0 saturated carbocycles. The summed E-state index contributed by atoms with van der Waals surface area (Å²) in [6, 6.07) is -0.258. The largest absolute Gasteiger partial charge is 0.376 e. The van der Waals surface area contributed by atoms with Crippen LogP contribution in [0.4, 0.5) is 0 Å². The van der Waals surface area contributed by atoms with Crippen molar-refractivity contribution in [2.45, 2.75) is 18.7 Å². The first kappa shape index (κ1) is 9.57. The monoisotopic (exact) mass is 245 g/mol. The normalized spacial score (nSPS) is 17.3. The maximum absolute atomic E-state index is 8.96. The number of aliphatic hydroxyl groups is 1. The Bertz CT molecular complexity index is 72.8. The predicted molar refractivity (Wildman–Crippen MR) is 44.8 cm³/mol. The van der Waals surface area contributed by atoms with Gasteiger partial charge in [0.1, 0.15) is 6.23 Å². The van der Waals surface area contributed by atoms with Crippen LogP contribution in [0, 0.1) is 0 Å². The second-order valence-electron chi connectivity index (χ2n) is 1.80. The third-order valence-corrected chi connectivity index (χ3v) is 1.66. The summed E-state index contributed by atoms with van der Waals surface area (Å²) in [5.74, 6) is 0. The Hall–Kier alpha value is 0.570. The van der Waals surface area contributed by atoms with Crippen molar-refractivity contribution in [2.75, 3.05) is 6.54 Å². The lowest BCUT2D eigenvalue weighted by molar-refractivity contribution is 0.138. The molecule has 9 heavy (non-hydrogen) atoms. The second-order valence-corrected chi connectivity index (χ2v) is 2.42. The number of hydrogen-bond acceptors (Lipinski definition) is 4. The number of nitrogens with two attached hydrogens (primary N) is 2. The van der Waals surface area contributed by atoms with E-state index in [1.54, 1.807) is 0 Å². The zero-order valence-electron chi connectivity index (χ0n) is 5.05. The van der Waals surface area contributed by atoms with E-state index in [-0.39, 0.29) is 6.04 Å². The minimum atomic E-state index is -0.644. The highest BCUT2D eigenvalue weighted by molar-refractivity contribution is 14.1. The van der Waals surface area contributed by atoms with Crippen LogP contribution in [-0.2, 0) is 0 Å². The van der Waals surface area contributed by atoms with E-state index in [4.69, 9.17) is 16.6 Å². The van der Waals surface area contributed by atoms with Crippen LogP contribution in [0.1, 0.15) is 6.42 Å². The fourth-order valence-electron chi connectivity index (χ4n) is 0.431. The van der Waals surface area contributed by atoms with Crippen molar-refractivity contribution < 1.29 is 5.11 Å². The number of halogens is 1. The molecule has 0 rings (SSSR count). The molecule has 4 nitrogen and oxygen atoms in total. The summed E-state index contributed by atoms with van der Waals surface area (Å²) in [7, 11) is 0. The van der Waals surface area contributed by atoms with Gasteiger partial charge in [0, 0.05) is 28.9 Å². The smallest absolute Gasteiger partial charge is 0.128 e. The van der Waals surface area contributed by atoms with Gasteiger partial charge in [-0.25, -0.2) is 3.53 Å². The Kier molecular flexibility index (Phi) is 5.70. The summed E-state index contributed by atoms with van der Waals surface area (Å²) in [5, 5.41) is 8.96. The molecule has 0 aromatic carbocycles. The lowest BCUT2D eigenvalue weighted by Gasteiger charge is -2.15. The van der Waals surface area contributed by atoms with E-state index in [0.717, 1.165) is 0 Å². The van der Waals surface area contributed by atoms with Crippen LogP contribution < -0.4 is 15.0 Å². The third kappa shape index (κ3) is 4.04. The highest BCUT2D eigenvalue weighted by Crippen LogP contribution is 1.92. The average Bonchev–Trinajstić information content (AvgIpc) is 1.87. The molecule has 0 aromatic heterocycles. The van der Waals surface area contributed by atoms with Crippen LogP contribution in [0.15, 0.2) is 0 Å². The summed E-state index contributed by atoms with van der Waals surface area (Å²) >= 11 is 1.85. The molecule has 1 unspecified atom stereocenters. The molecule has 5 heteroatoms. The fourth-order valence-corrected chi connectivity index (χ4v) is 0.893. The van der Waals surface area contributed by atoms with Crippen molar-refractivity contribution in [3.05, 3.63) is 0 Å². The van der Waals surface area contributed by atoms with Crippen molar-refractivity contribution >= 4 is 22.9 Å². The van der Waals surface area contributed by atoms with Crippen molar-refractivity contribution in [3.63, 3.8) is 0 Å². The van der Waals surface area contributed by atoms with Crippen molar-refractivity contribution in [1.82, 2.24) is 3.53 Å². The first-order valence-electron chi connectivity index (χ1n) is 2.72. The topological polar surface area (TPSA) is 84.3 Å². The molecular formula is C4H12IN3O. The van der Waals surface area contributed by atoms with Crippen LogP contribution >= 0.6 is 22.9 Å². The molecule has 56 valence electrons. The highest BCUT2D eigenvalue weighted by Gasteiger charge is 2.10. The molecule has 0 heterocycles. The fraction of sp³-hybridized carbons (Fsp3) is 1.00. The minimum Gasteiger partial charge on any atom is -0.376 e. The van der Waals surface area contributed by atoms with E-state index in [9.17, 15) is 0 Å². The minimum absolute atomic E-state index is 0.258. The van der Waals surface area contributed by atoms with E-state index < -0.39 is 6.23 Å². The van der Waals surface area contributed by atoms with Gasteiger partial charge in [-0.1, -0.05) is 0 Å². The van der Waals surface area contributed by atoms with Crippen LogP contribution in [0.3, 0.4) is 0 Å². The first-order valence-corrected chi connectivity index (χ1v) is 3.80. The highest BCUT2D eigenvalue weighted by atomic mass is 127. The van der Waals surface area contributed by atoms with E-state index >= 15 is 0 Å². The zero-order chi connectivity index (χ0) is 7.28. The van der Waals surface area contributed by atoms with Gasteiger partial charge in [0.2, 0.25) is 0 Å². The van der Waals surface area contributed by atoms with Gasteiger partial charge in [0.15, 0.2) is 0 Å². The Balaban J connectivity index is 3.32. The van der Waals surface area contributed by atoms with E-state index in [0.29, 0.717) is 13.0 Å². The number of aliphatic hydroxyl groups excluding tert-OH is 1. The summed E-state index contributed by atoms with van der Waals surface area (Å²) in [6.07, 6.45) is -0.00823. The van der Waals surface area contributed by atoms with Gasteiger partial charge >= 0.3 is 0 Å². The predicted octanol–water partition coefficient (Wildman–Crippen LogP) is -1.08. The van der Waals surface area contributed by atoms with Crippen molar-refractivity contribution in [3.8, 4) is 0 Å². The summed E-state index contributed by atoms with van der Waals surface area (Å²) in [6.45, 7) is 0.510. The molecule has 6 N–H and O–H groups in total. The molecule has 0 spiro atoms. The summed E-state index contributed by atoms with van der Waals surface area (Å²) in [4.78, 5) is 0. The van der Waals surface area contributed by atoms with Crippen LogP contribution in [0.25, 0.3) is 0 Å². The first-order chi connectivity index (χ1) is 4.22. The average molecular weight is 245 g/mol. The van der Waals surface area contributed by atoms with E-state index in [2.05, 4.69) is 3.53 Å². The molecular weight excluding hydrogens is 233 g/mol. The molecule has 0 saturated heterocycles. The Labute approximate surface area is 68.5 Å². The van der Waals surface area contributed by atoms with E-state index in [1.165, 1.54) is 0 Å². The van der Waals surface area contributed by atoms with Gasteiger partial charge < -0.3 is 16.6 Å². The van der Waals surface area contributed by atoms with Gasteiger partial charge in [-0.15, -0.1) is 0 Å². The number of hydrogen-bond donors (Lipinski definition) is 4. The summed E-state index contributed by atoms with van der Waals surface area (Å²) in [5.41, 5.74) is 10.6. The Morgan fingerprint density at radius 2 is 2.22 bits per heavy atom. The third-order valence-electron chi connectivity index (χ3n) is 1.02. The maximum Gasteiger partial charge on any atom is 0.128 e. The number of rotatable bonds is 4. The molecule has 0 amide bonds. The molecule has 0 radical (unpaired) electrons. The molecule has 0 aliphatic rings. The molecule has 0 aromatic rings. The van der Waals surface area contributed by atoms with Gasteiger partial charge in [-0.2, -0.15) is 0 Å². The zero-order valence-corrected chi connectivity index (χ0v) is 7.21. The SMILES string of the molecule is NCC[C@H](N)C(O)NI. The Morgan fingerprint density at radius 1 is 1.67 bits per heavy atom. The van der Waals surface area contributed by atoms with Gasteiger partial charge in [-0.3, -0.25) is 0 Å². The summed E-state index contributed by atoms with van der Waals surface area (Å²) < 4.78 is 2.59. The standard InChI is InChI=1S/C4H12IN3O/c5-8-4(9)3(7)1-2-6/h3-4,8-9H,1-2,6-7H2/t3-,4?/m0/s1. The molecule has 0 aliphatic heterocycles. The quantitative estimate of drug-likeness (QED) is 0.288. The molecule has 0 bridgehead atoms. The van der Waals surface area contributed by atoms with Crippen LogP contribution in [-0.4, -0.2) is 23.9 Å². The van der Waals surface area contributed by atoms with Crippen LogP contribution in [0.2, 0.25) is 0 Å². The molecule has 0 fully saturated rings. The van der Waals surface area contributed by atoms with E-state index in [1.807, 2.05) is 22.9 Å². The molecule has 0 aliphatic carbocycles. The second kappa shape index (κ2) is 5.36. The van der Waals surface area contributed by atoms with Crippen molar-refractivity contribution in [2.24, 2.45) is 11.5 Å². The van der Waals surface area contributed by atoms with Crippen LogP contribution in [0.5, 0.6) is 0 Å². The van der Waals surface area contributed by atoms with Gasteiger partial charge in [-0.05, 0) is 13.0 Å². The van der Waals surface area contributed by atoms with Gasteiger partial charge in [0.05, 0.1) is 0 Å².